The average molecular weight is 347 g/mol. The molecule has 0 unspecified atom stereocenters. The first-order chi connectivity index (χ1) is 10.1. The van der Waals surface area contributed by atoms with Crippen LogP contribution in [-0.4, -0.2) is 36.4 Å². The first-order valence-corrected chi connectivity index (χ1v) is 8.00. The van der Waals surface area contributed by atoms with Crippen molar-refractivity contribution in [3.63, 3.8) is 0 Å². The zero-order valence-electron chi connectivity index (χ0n) is 12.4. The molecule has 5 heteroatoms. The van der Waals surface area contributed by atoms with E-state index in [-0.39, 0.29) is 0 Å². The van der Waals surface area contributed by atoms with Crippen LogP contribution in [0.3, 0.4) is 0 Å². The lowest BCUT2D eigenvalue weighted by Gasteiger charge is -2.37. The van der Waals surface area contributed by atoms with Crippen LogP contribution in [0.25, 0.3) is 0 Å². The van der Waals surface area contributed by atoms with Crippen LogP contribution in [0.4, 0.5) is 11.5 Å². The van der Waals surface area contributed by atoms with Crippen molar-refractivity contribution in [3.05, 3.63) is 46.1 Å². The Bertz CT molecular complexity index is 619. The van der Waals surface area contributed by atoms with Gasteiger partial charge >= 0.3 is 0 Å². The van der Waals surface area contributed by atoms with E-state index in [0.717, 1.165) is 36.6 Å². The fourth-order valence-electron chi connectivity index (χ4n) is 2.73. The van der Waals surface area contributed by atoms with E-state index in [2.05, 4.69) is 68.0 Å². The van der Waals surface area contributed by atoms with Crippen LogP contribution >= 0.6 is 15.9 Å². The molecule has 0 aliphatic carbocycles. The molecule has 0 radical (unpaired) electrons. The average Bonchev–Trinajstić information content (AvgIpc) is 2.51. The van der Waals surface area contributed by atoms with Crippen molar-refractivity contribution in [1.29, 1.82) is 0 Å². The molecule has 21 heavy (non-hydrogen) atoms. The molecular formula is C16H19BrN4. The van der Waals surface area contributed by atoms with Crippen molar-refractivity contribution in [2.45, 2.75) is 13.8 Å². The number of nitrogens with zero attached hydrogens (tertiary/aromatic N) is 4. The minimum absolute atomic E-state index is 0.778. The van der Waals surface area contributed by atoms with E-state index in [9.17, 15) is 0 Å². The third kappa shape index (κ3) is 3.02. The van der Waals surface area contributed by atoms with Crippen molar-refractivity contribution < 1.29 is 0 Å². The minimum atomic E-state index is 0.778. The molecule has 2 heterocycles. The highest BCUT2D eigenvalue weighted by atomic mass is 79.9. The molecule has 0 amide bonds. The van der Waals surface area contributed by atoms with Gasteiger partial charge in [-0.05, 0) is 59.1 Å². The predicted molar refractivity (Wildman–Crippen MR) is 90.1 cm³/mol. The first-order valence-electron chi connectivity index (χ1n) is 7.20. The predicted octanol–water partition coefficient (Wildman–Crippen LogP) is 3.18. The second-order valence-electron chi connectivity index (χ2n) is 5.41. The fraction of sp³-hybridized carbons (Fsp3) is 0.375. The van der Waals surface area contributed by atoms with Gasteiger partial charge in [0.1, 0.15) is 4.60 Å². The number of anilines is 2. The van der Waals surface area contributed by atoms with Gasteiger partial charge in [-0.15, -0.1) is 10.2 Å². The maximum Gasteiger partial charge on any atom is 0.151 e. The summed E-state index contributed by atoms with van der Waals surface area (Å²) in [5.41, 5.74) is 4.10. The Labute approximate surface area is 133 Å². The zero-order valence-corrected chi connectivity index (χ0v) is 14.0. The smallest absolute Gasteiger partial charge is 0.151 e. The number of aromatic nitrogens is 2. The normalized spacial score (nSPS) is 15.4. The Hall–Kier alpha value is -1.62. The van der Waals surface area contributed by atoms with Gasteiger partial charge in [0.25, 0.3) is 0 Å². The number of halogens is 1. The number of hydrogen-bond acceptors (Lipinski definition) is 4. The Balaban J connectivity index is 1.70. The van der Waals surface area contributed by atoms with Gasteiger partial charge in [0.15, 0.2) is 5.82 Å². The molecule has 1 aromatic carbocycles. The summed E-state index contributed by atoms with van der Waals surface area (Å²) >= 11 is 3.32. The molecule has 110 valence electrons. The number of rotatable bonds is 2. The van der Waals surface area contributed by atoms with Gasteiger partial charge in [-0.3, -0.25) is 0 Å². The lowest BCUT2D eigenvalue weighted by atomic mass is 10.1. The van der Waals surface area contributed by atoms with Gasteiger partial charge in [0.2, 0.25) is 0 Å². The van der Waals surface area contributed by atoms with Crippen LogP contribution in [-0.2, 0) is 0 Å². The minimum Gasteiger partial charge on any atom is -0.368 e. The molecule has 0 saturated carbocycles. The lowest BCUT2D eigenvalue weighted by molar-refractivity contribution is 0.642. The number of hydrogen-bond donors (Lipinski definition) is 0. The molecule has 4 nitrogen and oxygen atoms in total. The Morgan fingerprint density at radius 2 is 1.62 bits per heavy atom. The molecule has 0 N–H and O–H groups in total. The van der Waals surface area contributed by atoms with Crippen LogP contribution in [0, 0.1) is 13.8 Å². The second kappa shape index (κ2) is 6.02. The maximum absolute atomic E-state index is 4.24. The molecule has 2 aromatic rings. The highest BCUT2D eigenvalue weighted by molar-refractivity contribution is 9.10. The van der Waals surface area contributed by atoms with E-state index in [1.165, 1.54) is 16.8 Å². The van der Waals surface area contributed by atoms with Crippen LogP contribution in [0.15, 0.2) is 34.9 Å². The third-order valence-electron chi connectivity index (χ3n) is 4.14. The molecule has 1 aliphatic heterocycles. The third-order valence-corrected chi connectivity index (χ3v) is 4.56. The highest BCUT2D eigenvalue weighted by Crippen LogP contribution is 2.24. The summed E-state index contributed by atoms with van der Waals surface area (Å²) in [5.74, 6) is 0.957. The Morgan fingerprint density at radius 3 is 2.29 bits per heavy atom. The van der Waals surface area contributed by atoms with Crippen molar-refractivity contribution in [2.24, 2.45) is 0 Å². The quantitative estimate of drug-likeness (QED) is 0.835. The van der Waals surface area contributed by atoms with Crippen LogP contribution in [0.1, 0.15) is 11.1 Å². The molecule has 1 aromatic heterocycles. The first kappa shape index (κ1) is 14.3. The fourth-order valence-corrected chi connectivity index (χ4v) is 2.94. The summed E-state index contributed by atoms with van der Waals surface area (Å²) in [4.78, 5) is 4.76. The van der Waals surface area contributed by atoms with E-state index in [1.54, 1.807) is 0 Å². The van der Waals surface area contributed by atoms with E-state index in [4.69, 9.17) is 0 Å². The summed E-state index contributed by atoms with van der Waals surface area (Å²) in [6, 6.07) is 10.5. The standard InChI is InChI=1S/C16H19BrN4/c1-12-4-3-5-14(13(12)2)20-8-10-21(11-9-20)16-7-6-15(17)18-19-16/h3-7H,8-11H2,1-2H3. The van der Waals surface area contributed by atoms with Crippen LogP contribution in [0.2, 0.25) is 0 Å². The van der Waals surface area contributed by atoms with Gasteiger partial charge in [-0.1, -0.05) is 12.1 Å². The zero-order chi connectivity index (χ0) is 14.8. The van der Waals surface area contributed by atoms with Crippen molar-refractivity contribution in [2.75, 3.05) is 36.0 Å². The van der Waals surface area contributed by atoms with Crippen molar-refractivity contribution >= 4 is 27.4 Å². The van der Waals surface area contributed by atoms with Gasteiger partial charge in [0, 0.05) is 31.9 Å². The van der Waals surface area contributed by atoms with Crippen LogP contribution in [0.5, 0.6) is 0 Å². The Morgan fingerprint density at radius 1 is 0.905 bits per heavy atom. The van der Waals surface area contributed by atoms with Gasteiger partial charge in [0.05, 0.1) is 0 Å². The molecule has 1 saturated heterocycles. The second-order valence-corrected chi connectivity index (χ2v) is 6.22. The monoisotopic (exact) mass is 346 g/mol. The highest BCUT2D eigenvalue weighted by Gasteiger charge is 2.19. The molecule has 0 bridgehead atoms. The van der Waals surface area contributed by atoms with Gasteiger partial charge < -0.3 is 9.80 Å². The Kier molecular flexibility index (Phi) is 4.10. The van der Waals surface area contributed by atoms with E-state index < -0.39 is 0 Å². The SMILES string of the molecule is Cc1cccc(N2CCN(c3ccc(Br)nn3)CC2)c1C. The maximum atomic E-state index is 4.24. The largest absolute Gasteiger partial charge is 0.368 e. The summed E-state index contributed by atoms with van der Waals surface area (Å²) in [6.07, 6.45) is 0. The molecular weight excluding hydrogens is 328 g/mol. The van der Waals surface area contributed by atoms with E-state index >= 15 is 0 Å². The van der Waals surface area contributed by atoms with Gasteiger partial charge in [-0.25, -0.2) is 0 Å². The van der Waals surface area contributed by atoms with E-state index in [1.807, 2.05) is 12.1 Å². The lowest BCUT2D eigenvalue weighted by Crippen LogP contribution is -2.47. The van der Waals surface area contributed by atoms with Gasteiger partial charge in [-0.2, -0.15) is 0 Å². The van der Waals surface area contributed by atoms with Crippen molar-refractivity contribution in [3.8, 4) is 0 Å². The summed E-state index contributed by atoms with van der Waals surface area (Å²) < 4.78 is 0.778. The molecule has 0 atom stereocenters. The molecule has 0 spiro atoms. The number of benzene rings is 1. The van der Waals surface area contributed by atoms with Crippen LogP contribution < -0.4 is 9.80 Å². The number of aryl methyl sites for hydroxylation is 1. The topological polar surface area (TPSA) is 32.3 Å². The molecule has 1 aliphatic rings. The summed E-state index contributed by atoms with van der Waals surface area (Å²) in [7, 11) is 0. The molecule has 1 fully saturated rings. The van der Waals surface area contributed by atoms with Crippen molar-refractivity contribution in [1.82, 2.24) is 10.2 Å². The number of piperazine rings is 1. The summed E-state index contributed by atoms with van der Waals surface area (Å²) in [5, 5.41) is 8.31. The molecule has 3 rings (SSSR count). The van der Waals surface area contributed by atoms with E-state index in [0.29, 0.717) is 0 Å². The summed E-state index contributed by atoms with van der Waals surface area (Å²) in [6.45, 7) is 8.36.